The van der Waals surface area contributed by atoms with E-state index in [-0.39, 0.29) is 0 Å². The predicted molar refractivity (Wildman–Crippen MR) is 94.7 cm³/mol. The highest BCUT2D eigenvalue weighted by Crippen LogP contribution is 2.42. The van der Waals surface area contributed by atoms with Crippen molar-refractivity contribution in [1.82, 2.24) is 0 Å². The molecular weight excluding hydrogens is 348 g/mol. The number of carbonyl (C=O) groups excluding carboxylic acids is 2. The van der Waals surface area contributed by atoms with E-state index in [1.807, 2.05) is 0 Å². The molecular formula is C16H16N2O4S2. The van der Waals surface area contributed by atoms with Crippen LogP contribution in [-0.4, -0.2) is 26.0 Å². The van der Waals surface area contributed by atoms with Crippen molar-refractivity contribution < 1.29 is 19.1 Å². The van der Waals surface area contributed by atoms with Gasteiger partial charge in [0.1, 0.15) is 11.5 Å². The highest BCUT2D eigenvalue weighted by atomic mass is 33.1. The molecule has 0 saturated carbocycles. The second-order valence-corrected chi connectivity index (χ2v) is 6.83. The second kappa shape index (κ2) is 7.98. The lowest BCUT2D eigenvalue weighted by atomic mass is 10.2. The molecule has 4 N–H and O–H groups in total. The van der Waals surface area contributed by atoms with Gasteiger partial charge >= 0.3 is 0 Å². The standard InChI is InChI=1S/C16H16N2O4S2/c1-21-9-3-5-11(15(17)19)13(7-9)23-24-14-8-10(22-2)4-6-12(14)16(18)20/h3-8H,1-2H3,(H2,17,19)(H2,18,20). The van der Waals surface area contributed by atoms with Gasteiger partial charge in [-0.1, -0.05) is 21.6 Å². The number of methoxy groups -OCH3 is 2. The van der Waals surface area contributed by atoms with Crippen molar-refractivity contribution in [3.05, 3.63) is 47.5 Å². The number of hydrogen-bond donors (Lipinski definition) is 2. The first-order valence-electron chi connectivity index (χ1n) is 6.76. The molecule has 0 aliphatic heterocycles. The van der Waals surface area contributed by atoms with Gasteiger partial charge in [-0.05, 0) is 36.4 Å². The van der Waals surface area contributed by atoms with E-state index >= 15 is 0 Å². The number of hydrogen-bond acceptors (Lipinski definition) is 6. The minimum absolute atomic E-state index is 0.372. The summed E-state index contributed by atoms with van der Waals surface area (Å²) in [5.74, 6) is 0.121. The molecule has 24 heavy (non-hydrogen) atoms. The summed E-state index contributed by atoms with van der Waals surface area (Å²) in [7, 11) is 5.63. The molecule has 0 unspecified atom stereocenters. The molecule has 0 spiro atoms. The molecule has 0 atom stereocenters. The van der Waals surface area contributed by atoms with E-state index < -0.39 is 11.8 Å². The van der Waals surface area contributed by atoms with Crippen molar-refractivity contribution in [2.45, 2.75) is 9.79 Å². The Morgan fingerprint density at radius 1 is 0.792 bits per heavy atom. The lowest BCUT2D eigenvalue weighted by molar-refractivity contribution is 0.0989. The summed E-state index contributed by atoms with van der Waals surface area (Å²) in [6.07, 6.45) is 0. The molecule has 0 aliphatic rings. The molecule has 2 aromatic carbocycles. The van der Waals surface area contributed by atoms with Gasteiger partial charge in [0.2, 0.25) is 11.8 Å². The van der Waals surface area contributed by atoms with E-state index in [4.69, 9.17) is 20.9 Å². The molecule has 0 radical (unpaired) electrons. The second-order valence-electron chi connectivity index (χ2n) is 4.62. The monoisotopic (exact) mass is 364 g/mol. The van der Waals surface area contributed by atoms with Crippen molar-refractivity contribution in [3.8, 4) is 11.5 Å². The highest BCUT2D eigenvalue weighted by Gasteiger charge is 2.14. The summed E-state index contributed by atoms with van der Waals surface area (Å²) in [6, 6.07) is 9.95. The van der Waals surface area contributed by atoms with E-state index in [9.17, 15) is 9.59 Å². The lowest BCUT2D eigenvalue weighted by Gasteiger charge is -2.11. The molecule has 2 rings (SSSR count). The third-order valence-electron chi connectivity index (χ3n) is 3.13. The van der Waals surface area contributed by atoms with Crippen LogP contribution in [0, 0.1) is 0 Å². The van der Waals surface area contributed by atoms with E-state index in [0.717, 1.165) is 0 Å². The third-order valence-corrected chi connectivity index (χ3v) is 5.58. The van der Waals surface area contributed by atoms with Gasteiger partial charge in [0, 0.05) is 9.79 Å². The Bertz CT molecular complexity index is 715. The van der Waals surface area contributed by atoms with E-state index in [2.05, 4.69) is 0 Å². The smallest absolute Gasteiger partial charge is 0.249 e. The zero-order valence-corrected chi connectivity index (χ0v) is 14.7. The van der Waals surface area contributed by atoms with Crippen LogP contribution in [0.15, 0.2) is 46.2 Å². The Balaban J connectivity index is 2.33. The molecule has 0 bridgehead atoms. The van der Waals surface area contributed by atoms with Crippen LogP contribution in [0.4, 0.5) is 0 Å². The largest absolute Gasteiger partial charge is 0.497 e. The summed E-state index contributed by atoms with van der Waals surface area (Å²) in [4.78, 5) is 24.4. The van der Waals surface area contributed by atoms with E-state index in [1.165, 1.54) is 35.8 Å². The summed E-state index contributed by atoms with van der Waals surface area (Å²) >= 11 is 0. The van der Waals surface area contributed by atoms with Crippen molar-refractivity contribution in [2.24, 2.45) is 11.5 Å². The molecule has 0 aromatic heterocycles. The first kappa shape index (κ1) is 18.0. The Labute approximate surface area is 147 Å². The maximum atomic E-state index is 11.6. The van der Waals surface area contributed by atoms with Crippen LogP contribution in [0.2, 0.25) is 0 Å². The minimum Gasteiger partial charge on any atom is -0.497 e. The molecule has 0 aliphatic carbocycles. The number of primary amides is 2. The van der Waals surface area contributed by atoms with Gasteiger partial charge in [0.25, 0.3) is 0 Å². The topological polar surface area (TPSA) is 105 Å². The summed E-state index contributed by atoms with van der Waals surface area (Å²) in [5.41, 5.74) is 11.5. The van der Waals surface area contributed by atoms with Gasteiger partial charge in [0.15, 0.2) is 0 Å². The van der Waals surface area contributed by atoms with Crippen LogP contribution in [0.25, 0.3) is 0 Å². The van der Waals surface area contributed by atoms with Crippen molar-refractivity contribution in [3.63, 3.8) is 0 Å². The van der Waals surface area contributed by atoms with E-state index in [1.54, 1.807) is 36.4 Å². The Morgan fingerprint density at radius 3 is 1.46 bits per heavy atom. The van der Waals surface area contributed by atoms with Gasteiger partial charge in [-0.15, -0.1) is 0 Å². The summed E-state index contributed by atoms with van der Waals surface area (Å²) < 4.78 is 10.3. The lowest BCUT2D eigenvalue weighted by Crippen LogP contribution is -2.12. The molecule has 126 valence electrons. The zero-order chi connectivity index (χ0) is 17.7. The fourth-order valence-electron chi connectivity index (χ4n) is 1.89. The van der Waals surface area contributed by atoms with Gasteiger partial charge in [-0.2, -0.15) is 0 Å². The number of rotatable bonds is 7. The Morgan fingerprint density at radius 2 is 1.17 bits per heavy atom. The van der Waals surface area contributed by atoms with Crippen molar-refractivity contribution >= 4 is 33.4 Å². The van der Waals surface area contributed by atoms with E-state index in [0.29, 0.717) is 32.4 Å². The van der Waals surface area contributed by atoms with Gasteiger partial charge in [-0.3, -0.25) is 9.59 Å². The van der Waals surface area contributed by atoms with Crippen molar-refractivity contribution in [1.29, 1.82) is 0 Å². The molecule has 0 heterocycles. The zero-order valence-electron chi connectivity index (χ0n) is 13.1. The number of ether oxygens (including phenoxy) is 2. The normalized spacial score (nSPS) is 10.2. The average Bonchev–Trinajstić information content (AvgIpc) is 2.58. The molecule has 8 heteroatoms. The molecule has 6 nitrogen and oxygen atoms in total. The number of nitrogens with two attached hydrogens (primary N) is 2. The van der Waals surface area contributed by atoms with Crippen LogP contribution < -0.4 is 20.9 Å². The van der Waals surface area contributed by atoms with Gasteiger partial charge in [-0.25, -0.2) is 0 Å². The highest BCUT2D eigenvalue weighted by molar-refractivity contribution is 8.76. The predicted octanol–water partition coefficient (Wildman–Crippen LogP) is 2.70. The van der Waals surface area contributed by atoms with Crippen LogP contribution >= 0.6 is 21.6 Å². The maximum absolute atomic E-state index is 11.6. The number of carbonyl (C=O) groups is 2. The van der Waals surface area contributed by atoms with Crippen LogP contribution in [0.5, 0.6) is 11.5 Å². The summed E-state index contributed by atoms with van der Waals surface area (Å²) in [5, 5.41) is 0. The first-order valence-corrected chi connectivity index (χ1v) is 8.91. The Hall–Kier alpha value is -2.32. The number of amides is 2. The Kier molecular flexibility index (Phi) is 5.99. The summed E-state index contributed by atoms with van der Waals surface area (Å²) in [6.45, 7) is 0. The average molecular weight is 364 g/mol. The van der Waals surface area contributed by atoms with Crippen molar-refractivity contribution in [2.75, 3.05) is 14.2 Å². The first-order chi connectivity index (χ1) is 11.5. The minimum atomic E-state index is -0.540. The van der Waals surface area contributed by atoms with Crippen LogP contribution in [0.1, 0.15) is 20.7 Å². The molecule has 0 saturated heterocycles. The molecule has 0 fully saturated rings. The fourth-order valence-corrected chi connectivity index (χ4v) is 4.29. The fraction of sp³-hybridized carbons (Fsp3) is 0.125. The van der Waals surface area contributed by atoms with Crippen LogP contribution in [0.3, 0.4) is 0 Å². The van der Waals surface area contributed by atoms with Gasteiger partial charge in [0.05, 0.1) is 25.3 Å². The maximum Gasteiger partial charge on any atom is 0.249 e. The SMILES string of the molecule is COc1ccc(C(N)=O)c(SSc2cc(OC)ccc2C(N)=O)c1. The van der Waals surface area contributed by atoms with Gasteiger partial charge < -0.3 is 20.9 Å². The third kappa shape index (κ3) is 4.15. The number of benzene rings is 2. The molecule has 2 aromatic rings. The quantitative estimate of drug-likeness (QED) is 0.732. The van der Waals surface area contributed by atoms with Crippen LogP contribution in [-0.2, 0) is 0 Å². The molecule has 2 amide bonds.